The Kier molecular flexibility index (Phi) is 4.76. The van der Waals surface area contributed by atoms with Crippen molar-refractivity contribution >= 4 is 24.1 Å². The van der Waals surface area contributed by atoms with E-state index in [1.54, 1.807) is 0 Å². The minimum atomic E-state index is -1.14. The van der Waals surface area contributed by atoms with Gasteiger partial charge in [-0.15, -0.1) is 0 Å². The number of carbonyl (C=O) groups excluding carboxylic acids is 1. The van der Waals surface area contributed by atoms with Gasteiger partial charge in [0.1, 0.15) is 16.8 Å². The summed E-state index contributed by atoms with van der Waals surface area (Å²) in [5, 5.41) is 22.6. The van der Waals surface area contributed by atoms with E-state index in [0.29, 0.717) is 0 Å². The highest BCUT2D eigenvalue weighted by Gasteiger charge is 2.09. The summed E-state index contributed by atoms with van der Waals surface area (Å²) in [6, 6.07) is 2.66. The molecule has 0 saturated carbocycles. The third-order valence-corrected chi connectivity index (χ3v) is 1.77. The van der Waals surface area contributed by atoms with Crippen LogP contribution < -0.4 is 5.43 Å². The second kappa shape index (κ2) is 6.30. The van der Waals surface area contributed by atoms with Gasteiger partial charge in [0.15, 0.2) is 0 Å². The lowest BCUT2D eigenvalue weighted by Gasteiger charge is -1.99. The summed E-state index contributed by atoms with van der Waals surface area (Å²) in [5.74, 6) is -0.697. The molecule has 0 bridgehead atoms. The first-order valence-electron chi connectivity index (χ1n) is 4.92. The number of aliphatic hydroxyl groups excluding tert-OH is 1. The van der Waals surface area contributed by atoms with Gasteiger partial charge in [-0.05, 0) is 25.1 Å². The molecule has 0 saturated heterocycles. The number of nitrogens with zero attached hydrogens (tertiary/aromatic N) is 2. The van der Waals surface area contributed by atoms with E-state index in [0.717, 1.165) is 0 Å². The van der Waals surface area contributed by atoms with Gasteiger partial charge in [0.2, 0.25) is 0 Å². The number of hydrazone groups is 1. The monoisotopic (exact) mass is 253 g/mol. The molecule has 1 aromatic heterocycles. The zero-order valence-electron chi connectivity index (χ0n) is 9.44. The molecule has 0 fully saturated rings. The molecular weight excluding hydrogens is 242 g/mol. The highest BCUT2D eigenvalue weighted by Crippen LogP contribution is 2.16. The quantitative estimate of drug-likeness (QED) is 0.454. The third kappa shape index (κ3) is 4.18. The van der Waals surface area contributed by atoms with Crippen LogP contribution in [0.2, 0.25) is 0 Å². The summed E-state index contributed by atoms with van der Waals surface area (Å²) in [6.07, 6.45) is 2.96. The van der Waals surface area contributed by atoms with Crippen LogP contribution in [0.25, 0.3) is 6.08 Å². The zero-order valence-corrected chi connectivity index (χ0v) is 9.44. The van der Waals surface area contributed by atoms with Crippen LogP contribution in [0.1, 0.15) is 12.7 Å². The number of nitrogens with one attached hydrogen (secondary N) is 1. The van der Waals surface area contributed by atoms with Crippen molar-refractivity contribution in [2.75, 3.05) is 0 Å². The maximum Gasteiger partial charge on any atom is 0.433 e. The fourth-order valence-electron chi connectivity index (χ4n) is 0.905. The third-order valence-electron chi connectivity index (χ3n) is 1.77. The first-order valence-corrected chi connectivity index (χ1v) is 4.92. The molecule has 8 nitrogen and oxygen atoms in total. The van der Waals surface area contributed by atoms with Crippen molar-refractivity contribution in [2.45, 2.75) is 13.0 Å². The molecule has 1 heterocycles. The molecule has 1 unspecified atom stereocenters. The highest BCUT2D eigenvalue weighted by atomic mass is 16.6. The maximum absolute atomic E-state index is 10.9. The van der Waals surface area contributed by atoms with Crippen molar-refractivity contribution in [3.05, 3.63) is 34.1 Å². The van der Waals surface area contributed by atoms with E-state index in [2.05, 4.69) is 10.5 Å². The molecule has 0 radical (unpaired) electrons. The van der Waals surface area contributed by atoms with Gasteiger partial charge in [0.05, 0.1) is 6.07 Å². The molecule has 1 atom stereocenters. The molecule has 18 heavy (non-hydrogen) atoms. The first kappa shape index (κ1) is 13.6. The smallest absolute Gasteiger partial charge is 0.401 e. The van der Waals surface area contributed by atoms with Gasteiger partial charge in [0.25, 0.3) is 5.91 Å². The number of furan rings is 1. The van der Waals surface area contributed by atoms with Crippen molar-refractivity contribution < 1.29 is 19.2 Å². The largest absolute Gasteiger partial charge is 0.433 e. The Morgan fingerprint density at radius 3 is 2.94 bits per heavy atom. The van der Waals surface area contributed by atoms with Crippen LogP contribution in [0.15, 0.2) is 27.7 Å². The van der Waals surface area contributed by atoms with E-state index in [-0.39, 0.29) is 11.6 Å². The second-order valence-corrected chi connectivity index (χ2v) is 3.22. The number of rotatable bonds is 5. The number of carbonyl (C=O) groups is 1. The van der Waals surface area contributed by atoms with Gasteiger partial charge in [-0.25, -0.2) is 5.43 Å². The number of amides is 1. The number of hydrogen-bond acceptors (Lipinski definition) is 6. The van der Waals surface area contributed by atoms with Crippen molar-refractivity contribution in [3.8, 4) is 0 Å². The Morgan fingerprint density at radius 1 is 1.67 bits per heavy atom. The van der Waals surface area contributed by atoms with Crippen LogP contribution in [0.5, 0.6) is 0 Å². The van der Waals surface area contributed by atoms with Gasteiger partial charge in [-0.1, -0.05) is 0 Å². The molecule has 0 aromatic carbocycles. The highest BCUT2D eigenvalue weighted by molar-refractivity contribution is 5.82. The zero-order chi connectivity index (χ0) is 13.5. The SMILES string of the molecule is CC(O)C(=O)N/N=C/C=C/c1ccc([N+](=O)[O-])o1. The van der Waals surface area contributed by atoms with Crippen molar-refractivity contribution in [1.82, 2.24) is 5.43 Å². The number of nitro groups is 1. The lowest BCUT2D eigenvalue weighted by atomic mass is 10.4. The minimum Gasteiger partial charge on any atom is -0.401 e. The Morgan fingerprint density at radius 2 is 2.39 bits per heavy atom. The Labute approximate surface area is 102 Å². The van der Waals surface area contributed by atoms with E-state index in [4.69, 9.17) is 9.52 Å². The van der Waals surface area contributed by atoms with E-state index in [9.17, 15) is 14.9 Å². The van der Waals surface area contributed by atoms with Crippen LogP contribution in [0.4, 0.5) is 5.88 Å². The summed E-state index contributed by atoms with van der Waals surface area (Å²) in [6.45, 7) is 1.31. The van der Waals surface area contributed by atoms with E-state index in [1.165, 1.54) is 37.4 Å². The molecule has 2 N–H and O–H groups in total. The van der Waals surface area contributed by atoms with Crippen LogP contribution in [0, 0.1) is 10.1 Å². The lowest BCUT2D eigenvalue weighted by Crippen LogP contribution is -2.28. The summed E-state index contributed by atoms with van der Waals surface area (Å²) >= 11 is 0. The molecule has 0 aliphatic carbocycles. The normalized spacial score (nSPS) is 13.0. The predicted molar refractivity (Wildman–Crippen MR) is 62.7 cm³/mol. The van der Waals surface area contributed by atoms with Crippen molar-refractivity contribution in [2.24, 2.45) is 5.10 Å². The van der Waals surface area contributed by atoms with Gasteiger partial charge >= 0.3 is 5.88 Å². The first-order chi connectivity index (χ1) is 8.50. The van der Waals surface area contributed by atoms with E-state index in [1.807, 2.05) is 0 Å². The Bertz CT molecular complexity index is 489. The molecule has 1 rings (SSSR count). The molecule has 1 aromatic rings. The van der Waals surface area contributed by atoms with Crippen molar-refractivity contribution in [1.29, 1.82) is 0 Å². The lowest BCUT2D eigenvalue weighted by molar-refractivity contribution is -0.402. The fourth-order valence-corrected chi connectivity index (χ4v) is 0.905. The average molecular weight is 253 g/mol. The van der Waals surface area contributed by atoms with Gasteiger partial charge < -0.3 is 9.52 Å². The number of hydrogen-bond donors (Lipinski definition) is 2. The van der Waals surface area contributed by atoms with Crippen LogP contribution in [-0.4, -0.2) is 28.3 Å². The predicted octanol–water partition coefficient (Wildman–Crippen LogP) is 0.684. The van der Waals surface area contributed by atoms with Gasteiger partial charge in [-0.2, -0.15) is 5.10 Å². The molecule has 0 aliphatic rings. The molecule has 1 amide bonds. The van der Waals surface area contributed by atoms with E-state index < -0.39 is 16.9 Å². The summed E-state index contributed by atoms with van der Waals surface area (Å²) in [7, 11) is 0. The van der Waals surface area contributed by atoms with E-state index >= 15 is 0 Å². The second-order valence-electron chi connectivity index (χ2n) is 3.22. The standard InChI is InChI=1S/C10H11N3O5/c1-7(14)10(15)12-11-6-2-3-8-4-5-9(18-8)13(16)17/h2-7,14H,1H3,(H,12,15)/b3-2+,11-6+. The summed E-state index contributed by atoms with van der Waals surface area (Å²) < 4.78 is 4.84. The van der Waals surface area contributed by atoms with Crippen molar-refractivity contribution in [3.63, 3.8) is 0 Å². The Balaban J connectivity index is 2.47. The molecular formula is C10H11N3O5. The molecule has 8 heteroatoms. The average Bonchev–Trinajstić information content (AvgIpc) is 2.77. The number of allylic oxidation sites excluding steroid dienone is 1. The van der Waals surface area contributed by atoms with Gasteiger partial charge in [0, 0.05) is 6.21 Å². The van der Waals surface area contributed by atoms with Crippen LogP contribution >= 0.6 is 0 Å². The Hall–Kier alpha value is -2.48. The fraction of sp³-hybridized carbons (Fsp3) is 0.200. The summed E-state index contributed by atoms with van der Waals surface area (Å²) in [4.78, 5) is 20.5. The van der Waals surface area contributed by atoms with Crippen LogP contribution in [-0.2, 0) is 4.79 Å². The maximum atomic E-state index is 10.9. The molecule has 0 aliphatic heterocycles. The van der Waals surface area contributed by atoms with Crippen LogP contribution in [0.3, 0.4) is 0 Å². The van der Waals surface area contributed by atoms with Gasteiger partial charge in [-0.3, -0.25) is 14.9 Å². The number of aliphatic hydroxyl groups is 1. The molecule has 96 valence electrons. The topological polar surface area (TPSA) is 118 Å². The summed E-state index contributed by atoms with van der Waals surface area (Å²) in [5.41, 5.74) is 2.08. The molecule has 0 spiro atoms. The minimum absolute atomic E-state index is 0.287.